The highest BCUT2D eigenvalue weighted by molar-refractivity contribution is 6.06. The van der Waals surface area contributed by atoms with Crippen LogP contribution in [0.25, 0.3) is 0 Å². The Bertz CT molecular complexity index is 505. The smallest absolute Gasteiger partial charge is 0.233 e. The summed E-state index contributed by atoms with van der Waals surface area (Å²) in [6, 6.07) is 6.41. The maximum Gasteiger partial charge on any atom is 0.233 e. The average molecular weight is 281 g/mol. The molecule has 0 aliphatic rings. The van der Waals surface area contributed by atoms with Crippen LogP contribution in [-0.2, 0) is 11.2 Å². The zero-order valence-corrected chi connectivity index (χ0v) is 11.7. The first kappa shape index (κ1) is 15.9. The summed E-state index contributed by atoms with van der Waals surface area (Å²) in [6.45, 7) is 3.66. The second-order valence-electron chi connectivity index (χ2n) is 4.77. The van der Waals surface area contributed by atoms with Gasteiger partial charge in [-0.05, 0) is 31.4 Å². The van der Waals surface area contributed by atoms with Crippen molar-refractivity contribution in [3.05, 3.63) is 35.6 Å². The van der Waals surface area contributed by atoms with E-state index in [9.17, 15) is 9.18 Å². The third-order valence-corrected chi connectivity index (χ3v) is 3.52. The van der Waals surface area contributed by atoms with Crippen molar-refractivity contribution in [2.24, 2.45) is 16.3 Å². The van der Waals surface area contributed by atoms with Gasteiger partial charge >= 0.3 is 0 Å². The standard InChI is InChI=1S/C14H20FN3O2/c1-3-14(2,12(16)18-20)13(19)17-9-8-10-6-4-5-7-11(10)15/h4-7,20H,3,8-9H2,1-2H3,(H2,16,18)(H,17,19). The van der Waals surface area contributed by atoms with Gasteiger partial charge in [0, 0.05) is 6.54 Å². The molecule has 0 bridgehead atoms. The summed E-state index contributed by atoms with van der Waals surface area (Å²) in [5, 5.41) is 14.3. The maximum absolute atomic E-state index is 13.4. The summed E-state index contributed by atoms with van der Waals surface area (Å²) in [7, 11) is 0. The molecule has 0 radical (unpaired) electrons. The summed E-state index contributed by atoms with van der Waals surface area (Å²) in [5.74, 6) is -0.772. The fourth-order valence-corrected chi connectivity index (χ4v) is 1.78. The molecule has 1 amide bonds. The predicted molar refractivity (Wildman–Crippen MR) is 74.9 cm³/mol. The van der Waals surface area contributed by atoms with E-state index in [2.05, 4.69) is 10.5 Å². The summed E-state index contributed by atoms with van der Waals surface area (Å²) in [4.78, 5) is 12.1. The number of rotatable bonds is 6. The van der Waals surface area contributed by atoms with Crippen molar-refractivity contribution in [1.82, 2.24) is 5.32 Å². The summed E-state index contributed by atoms with van der Waals surface area (Å²) >= 11 is 0. The van der Waals surface area contributed by atoms with Crippen LogP contribution >= 0.6 is 0 Å². The average Bonchev–Trinajstić information content (AvgIpc) is 2.47. The monoisotopic (exact) mass is 281 g/mol. The minimum atomic E-state index is -1.07. The van der Waals surface area contributed by atoms with Crippen LogP contribution in [0.5, 0.6) is 0 Å². The largest absolute Gasteiger partial charge is 0.409 e. The molecule has 20 heavy (non-hydrogen) atoms. The van der Waals surface area contributed by atoms with E-state index >= 15 is 0 Å². The molecule has 0 spiro atoms. The van der Waals surface area contributed by atoms with Crippen molar-refractivity contribution in [2.45, 2.75) is 26.7 Å². The Labute approximate surface area is 117 Å². The van der Waals surface area contributed by atoms with Gasteiger partial charge in [0.2, 0.25) is 5.91 Å². The summed E-state index contributed by atoms with van der Waals surface area (Å²) < 4.78 is 13.4. The molecule has 0 saturated heterocycles. The molecule has 0 saturated carbocycles. The highest BCUT2D eigenvalue weighted by atomic mass is 19.1. The van der Waals surface area contributed by atoms with Gasteiger partial charge < -0.3 is 16.3 Å². The number of hydrogen-bond acceptors (Lipinski definition) is 3. The van der Waals surface area contributed by atoms with Gasteiger partial charge in [0.15, 0.2) is 5.84 Å². The van der Waals surface area contributed by atoms with Gasteiger partial charge in [-0.3, -0.25) is 4.79 Å². The predicted octanol–water partition coefficient (Wildman–Crippen LogP) is 1.65. The van der Waals surface area contributed by atoms with Crippen LogP contribution in [0.15, 0.2) is 29.4 Å². The molecule has 5 nitrogen and oxygen atoms in total. The number of amidine groups is 1. The Morgan fingerprint density at radius 1 is 1.50 bits per heavy atom. The molecule has 1 atom stereocenters. The van der Waals surface area contributed by atoms with E-state index in [1.165, 1.54) is 6.07 Å². The molecule has 1 aromatic carbocycles. The lowest BCUT2D eigenvalue weighted by Gasteiger charge is -2.25. The second-order valence-corrected chi connectivity index (χ2v) is 4.77. The number of halogens is 1. The topological polar surface area (TPSA) is 87.7 Å². The molecule has 0 aliphatic carbocycles. The van der Waals surface area contributed by atoms with Crippen molar-refractivity contribution in [3.63, 3.8) is 0 Å². The van der Waals surface area contributed by atoms with Crippen LogP contribution in [0.1, 0.15) is 25.8 Å². The third-order valence-electron chi connectivity index (χ3n) is 3.52. The van der Waals surface area contributed by atoms with E-state index in [1.807, 2.05) is 0 Å². The molecule has 0 aromatic heterocycles. The molecule has 110 valence electrons. The van der Waals surface area contributed by atoms with Crippen molar-refractivity contribution in [3.8, 4) is 0 Å². The molecule has 1 aromatic rings. The Balaban J connectivity index is 2.62. The Morgan fingerprint density at radius 3 is 2.70 bits per heavy atom. The molecule has 1 unspecified atom stereocenters. The van der Waals surface area contributed by atoms with Crippen molar-refractivity contribution in [2.75, 3.05) is 6.54 Å². The van der Waals surface area contributed by atoms with Gasteiger partial charge in [-0.2, -0.15) is 0 Å². The van der Waals surface area contributed by atoms with Crippen LogP contribution in [0.4, 0.5) is 4.39 Å². The van der Waals surface area contributed by atoms with Crippen LogP contribution in [-0.4, -0.2) is 23.5 Å². The zero-order chi connectivity index (χ0) is 15.2. The first-order chi connectivity index (χ1) is 9.45. The highest BCUT2D eigenvalue weighted by Crippen LogP contribution is 2.21. The summed E-state index contributed by atoms with van der Waals surface area (Å²) in [6.07, 6.45) is 0.781. The lowest BCUT2D eigenvalue weighted by Crippen LogP contribution is -2.48. The Morgan fingerprint density at radius 2 is 2.15 bits per heavy atom. The van der Waals surface area contributed by atoms with Gasteiger partial charge in [0.05, 0.1) is 0 Å². The van der Waals surface area contributed by atoms with E-state index in [1.54, 1.807) is 32.0 Å². The molecule has 0 heterocycles. The fourth-order valence-electron chi connectivity index (χ4n) is 1.78. The Kier molecular flexibility index (Phi) is 5.49. The molecule has 0 fully saturated rings. The van der Waals surface area contributed by atoms with Crippen molar-refractivity contribution < 1.29 is 14.4 Å². The second kappa shape index (κ2) is 6.88. The zero-order valence-electron chi connectivity index (χ0n) is 11.7. The first-order valence-corrected chi connectivity index (χ1v) is 6.45. The number of nitrogens with one attached hydrogen (secondary N) is 1. The van der Waals surface area contributed by atoms with E-state index in [4.69, 9.17) is 10.9 Å². The van der Waals surface area contributed by atoms with Crippen molar-refractivity contribution >= 4 is 11.7 Å². The lowest BCUT2D eigenvalue weighted by atomic mass is 9.85. The molecular weight excluding hydrogens is 261 g/mol. The normalized spacial score (nSPS) is 14.7. The molecule has 0 aliphatic heterocycles. The number of nitrogens with zero attached hydrogens (tertiary/aromatic N) is 1. The number of carbonyl (C=O) groups is 1. The van der Waals surface area contributed by atoms with E-state index in [0.717, 1.165) is 0 Å². The van der Waals surface area contributed by atoms with Gasteiger partial charge in [0.1, 0.15) is 11.2 Å². The molecule has 4 N–H and O–H groups in total. The number of benzene rings is 1. The highest BCUT2D eigenvalue weighted by Gasteiger charge is 2.36. The molecule has 1 rings (SSSR count). The molecular formula is C14H20FN3O2. The molecule has 6 heteroatoms. The van der Waals surface area contributed by atoms with Gasteiger partial charge in [-0.25, -0.2) is 4.39 Å². The number of oxime groups is 1. The van der Waals surface area contributed by atoms with Crippen LogP contribution in [0, 0.1) is 11.2 Å². The maximum atomic E-state index is 13.4. The number of hydrogen-bond donors (Lipinski definition) is 3. The fraction of sp³-hybridized carbons (Fsp3) is 0.429. The SMILES string of the molecule is CCC(C)(C(=O)NCCc1ccccc1F)/C(N)=N/O. The van der Waals surface area contributed by atoms with Crippen LogP contribution in [0.3, 0.4) is 0 Å². The number of amides is 1. The number of nitrogens with two attached hydrogens (primary N) is 1. The van der Waals surface area contributed by atoms with Gasteiger partial charge in [0.25, 0.3) is 0 Å². The summed E-state index contributed by atoms with van der Waals surface area (Å²) in [5.41, 5.74) is 5.02. The minimum Gasteiger partial charge on any atom is -0.409 e. The minimum absolute atomic E-state index is 0.136. The van der Waals surface area contributed by atoms with Gasteiger partial charge in [-0.1, -0.05) is 30.3 Å². The van der Waals surface area contributed by atoms with Gasteiger partial charge in [-0.15, -0.1) is 0 Å². The first-order valence-electron chi connectivity index (χ1n) is 6.45. The van der Waals surface area contributed by atoms with E-state index in [-0.39, 0.29) is 24.1 Å². The van der Waals surface area contributed by atoms with E-state index < -0.39 is 5.41 Å². The van der Waals surface area contributed by atoms with Crippen LogP contribution in [0.2, 0.25) is 0 Å². The van der Waals surface area contributed by atoms with Crippen LogP contribution < -0.4 is 11.1 Å². The number of carbonyl (C=O) groups excluding carboxylic acids is 1. The quantitative estimate of drug-likeness (QED) is 0.320. The Hall–Kier alpha value is -2.11. The third kappa shape index (κ3) is 3.46. The van der Waals surface area contributed by atoms with E-state index in [0.29, 0.717) is 18.4 Å². The van der Waals surface area contributed by atoms with Crippen molar-refractivity contribution in [1.29, 1.82) is 0 Å². The lowest BCUT2D eigenvalue weighted by molar-refractivity contribution is -0.127.